The van der Waals surface area contributed by atoms with E-state index in [2.05, 4.69) is 21.9 Å². The lowest BCUT2D eigenvalue weighted by Crippen LogP contribution is -2.48. The van der Waals surface area contributed by atoms with Gasteiger partial charge < -0.3 is 9.64 Å². The van der Waals surface area contributed by atoms with Crippen molar-refractivity contribution in [1.82, 2.24) is 4.90 Å². The Hall–Kier alpha value is -2.24. The highest BCUT2D eigenvalue weighted by Gasteiger charge is 2.29. The van der Waals surface area contributed by atoms with Crippen LogP contribution in [-0.2, 0) is 11.3 Å². The number of piperazine rings is 1. The van der Waals surface area contributed by atoms with Gasteiger partial charge in [-0.15, -0.1) is 0 Å². The number of methoxy groups -OCH3 is 1. The summed E-state index contributed by atoms with van der Waals surface area (Å²) in [4.78, 5) is 16.4. The Morgan fingerprint density at radius 1 is 0.938 bits per heavy atom. The molecule has 0 bridgehead atoms. The zero-order valence-electron chi connectivity index (χ0n) is 17.6. The van der Waals surface area contributed by atoms with Gasteiger partial charge in [0, 0.05) is 36.2 Å². The first-order valence-electron chi connectivity index (χ1n) is 10.3. The Kier molecular flexibility index (Phi) is 7.27. The normalized spacial score (nSPS) is 16.8. The molecule has 3 aromatic rings. The number of carbonyl (C=O) groups is 1. The van der Waals surface area contributed by atoms with Crippen molar-refractivity contribution in [3.05, 3.63) is 98.5 Å². The van der Waals surface area contributed by atoms with E-state index in [9.17, 15) is 4.79 Å². The molecule has 1 saturated heterocycles. The first-order chi connectivity index (χ1) is 15.4. The molecule has 1 atom stereocenters. The standard InChI is InChI=1S/C25H23Cl3N2O2/c1-32-25(31)19-4-2-17(3-5-19)15-29-12-13-30(23-11-10-21(27)14-22(23)28)24(16-29)18-6-8-20(26)9-7-18/h2-11,14,24H,12-13,15-16H2,1H3. The molecule has 3 aromatic carbocycles. The summed E-state index contributed by atoms with van der Waals surface area (Å²) in [6.45, 7) is 3.30. The summed E-state index contributed by atoms with van der Waals surface area (Å²) in [5.74, 6) is -0.326. The van der Waals surface area contributed by atoms with Gasteiger partial charge in [0.25, 0.3) is 0 Å². The SMILES string of the molecule is COC(=O)c1ccc(CN2CCN(c3ccc(Cl)cc3Cl)C(c3ccc(Cl)cc3)C2)cc1. The molecule has 0 N–H and O–H groups in total. The lowest BCUT2D eigenvalue weighted by atomic mass is 10.0. The fourth-order valence-corrected chi connectivity index (χ4v) is 4.72. The van der Waals surface area contributed by atoms with Crippen molar-refractivity contribution >= 4 is 46.5 Å². The third-order valence-electron chi connectivity index (χ3n) is 5.72. The molecule has 1 heterocycles. The van der Waals surface area contributed by atoms with E-state index in [0.717, 1.165) is 37.4 Å². The molecular weight excluding hydrogens is 467 g/mol. The van der Waals surface area contributed by atoms with Crippen LogP contribution in [0.4, 0.5) is 5.69 Å². The Balaban J connectivity index is 1.57. The van der Waals surface area contributed by atoms with Gasteiger partial charge >= 0.3 is 5.97 Å². The summed E-state index contributed by atoms with van der Waals surface area (Å²) in [7, 11) is 1.39. The highest BCUT2D eigenvalue weighted by atomic mass is 35.5. The number of benzene rings is 3. The van der Waals surface area contributed by atoms with Gasteiger partial charge in [0.2, 0.25) is 0 Å². The molecule has 1 aliphatic heterocycles. The van der Waals surface area contributed by atoms with Crippen LogP contribution in [0.1, 0.15) is 27.5 Å². The molecule has 1 fully saturated rings. The number of halogens is 3. The summed E-state index contributed by atoms with van der Waals surface area (Å²) >= 11 is 18.8. The van der Waals surface area contributed by atoms with Crippen molar-refractivity contribution in [3.63, 3.8) is 0 Å². The van der Waals surface area contributed by atoms with Crippen LogP contribution >= 0.6 is 34.8 Å². The van der Waals surface area contributed by atoms with Gasteiger partial charge in [0.15, 0.2) is 0 Å². The molecule has 4 nitrogen and oxygen atoms in total. The lowest BCUT2D eigenvalue weighted by Gasteiger charge is -2.43. The molecular formula is C25H23Cl3N2O2. The second-order valence-electron chi connectivity index (χ2n) is 7.78. The minimum absolute atomic E-state index is 0.106. The van der Waals surface area contributed by atoms with E-state index < -0.39 is 0 Å². The van der Waals surface area contributed by atoms with Crippen molar-refractivity contribution in [2.75, 3.05) is 31.6 Å². The largest absolute Gasteiger partial charge is 0.465 e. The van der Waals surface area contributed by atoms with Crippen molar-refractivity contribution in [3.8, 4) is 0 Å². The number of ether oxygens (including phenoxy) is 1. The Bertz CT molecular complexity index is 1090. The van der Waals surface area contributed by atoms with Gasteiger partial charge in [-0.2, -0.15) is 0 Å². The second kappa shape index (κ2) is 10.1. The molecule has 0 aromatic heterocycles. The van der Waals surface area contributed by atoms with E-state index in [1.807, 2.05) is 48.5 Å². The average molecular weight is 490 g/mol. The Morgan fingerprint density at radius 3 is 2.28 bits per heavy atom. The maximum absolute atomic E-state index is 11.7. The van der Waals surface area contributed by atoms with Crippen LogP contribution in [0.5, 0.6) is 0 Å². The number of nitrogens with zero attached hydrogens (tertiary/aromatic N) is 2. The van der Waals surface area contributed by atoms with Crippen LogP contribution < -0.4 is 4.90 Å². The number of hydrogen-bond acceptors (Lipinski definition) is 4. The molecule has 166 valence electrons. The predicted molar refractivity (Wildman–Crippen MR) is 131 cm³/mol. The number of rotatable bonds is 5. The van der Waals surface area contributed by atoms with Crippen LogP contribution in [0.15, 0.2) is 66.7 Å². The van der Waals surface area contributed by atoms with Gasteiger partial charge in [-0.05, 0) is 53.6 Å². The quantitative estimate of drug-likeness (QED) is 0.383. The van der Waals surface area contributed by atoms with Crippen LogP contribution in [0.3, 0.4) is 0 Å². The van der Waals surface area contributed by atoms with Gasteiger partial charge in [-0.1, -0.05) is 59.1 Å². The summed E-state index contributed by atoms with van der Waals surface area (Å²) in [6, 6.07) is 21.3. The number of hydrogen-bond donors (Lipinski definition) is 0. The Morgan fingerprint density at radius 2 is 1.62 bits per heavy atom. The summed E-state index contributed by atoms with van der Waals surface area (Å²) in [5, 5.41) is 1.97. The highest BCUT2D eigenvalue weighted by Crippen LogP contribution is 2.37. The van der Waals surface area contributed by atoms with Crippen molar-refractivity contribution in [1.29, 1.82) is 0 Å². The topological polar surface area (TPSA) is 32.8 Å². The number of esters is 1. The smallest absolute Gasteiger partial charge is 0.337 e. The van der Waals surface area contributed by atoms with E-state index in [1.54, 1.807) is 6.07 Å². The second-order valence-corrected chi connectivity index (χ2v) is 9.06. The van der Waals surface area contributed by atoms with E-state index >= 15 is 0 Å². The minimum Gasteiger partial charge on any atom is -0.465 e. The molecule has 1 aliphatic rings. The fraction of sp³-hybridized carbons (Fsp3) is 0.240. The molecule has 1 unspecified atom stereocenters. The molecule has 4 rings (SSSR count). The fourth-order valence-electron chi connectivity index (χ4n) is 4.08. The maximum Gasteiger partial charge on any atom is 0.337 e. The van der Waals surface area contributed by atoms with Crippen molar-refractivity contribution < 1.29 is 9.53 Å². The van der Waals surface area contributed by atoms with E-state index in [1.165, 1.54) is 12.7 Å². The first kappa shape index (κ1) is 22.9. The van der Waals surface area contributed by atoms with Gasteiger partial charge in [-0.3, -0.25) is 4.90 Å². The predicted octanol–water partition coefficient (Wildman–Crippen LogP) is 6.50. The molecule has 0 amide bonds. The molecule has 7 heteroatoms. The summed E-state index contributed by atoms with van der Waals surface area (Å²) in [6.07, 6.45) is 0. The van der Waals surface area contributed by atoms with E-state index in [4.69, 9.17) is 39.5 Å². The summed E-state index contributed by atoms with van der Waals surface area (Å²) in [5.41, 5.74) is 3.84. The van der Waals surface area contributed by atoms with Crippen LogP contribution in [0.2, 0.25) is 15.1 Å². The third-order valence-corrected chi connectivity index (χ3v) is 6.51. The molecule has 0 radical (unpaired) electrons. The van der Waals surface area contributed by atoms with Crippen LogP contribution in [0.25, 0.3) is 0 Å². The zero-order valence-corrected chi connectivity index (χ0v) is 19.9. The first-order valence-corrected chi connectivity index (χ1v) is 11.4. The molecule has 32 heavy (non-hydrogen) atoms. The minimum atomic E-state index is -0.326. The van der Waals surface area contributed by atoms with Gasteiger partial charge in [0.05, 0.1) is 29.4 Å². The lowest BCUT2D eigenvalue weighted by molar-refractivity contribution is 0.0600. The summed E-state index contributed by atoms with van der Waals surface area (Å²) < 4.78 is 4.79. The number of anilines is 1. The molecule has 0 saturated carbocycles. The van der Waals surface area contributed by atoms with Crippen LogP contribution in [-0.4, -0.2) is 37.6 Å². The Labute approximate surface area is 203 Å². The van der Waals surface area contributed by atoms with Gasteiger partial charge in [0.1, 0.15) is 0 Å². The van der Waals surface area contributed by atoms with Gasteiger partial charge in [-0.25, -0.2) is 4.79 Å². The highest BCUT2D eigenvalue weighted by molar-refractivity contribution is 6.36. The molecule has 0 spiro atoms. The number of carbonyl (C=O) groups excluding carboxylic acids is 1. The third kappa shape index (κ3) is 5.21. The molecule has 0 aliphatic carbocycles. The zero-order chi connectivity index (χ0) is 22.7. The maximum atomic E-state index is 11.7. The van der Waals surface area contributed by atoms with Crippen molar-refractivity contribution in [2.45, 2.75) is 12.6 Å². The average Bonchev–Trinajstić information content (AvgIpc) is 2.80. The van der Waals surface area contributed by atoms with Crippen LogP contribution in [0, 0.1) is 0 Å². The monoisotopic (exact) mass is 488 g/mol. The van der Waals surface area contributed by atoms with Crippen molar-refractivity contribution in [2.24, 2.45) is 0 Å². The van der Waals surface area contributed by atoms with E-state index in [-0.39, 0.29) is 12.0 Å². The van der Waals surface area contributed by atoms with E-state index in [0.29, 0.717) is 20.6 Å².